The fourth-order valence-corrected chi connectivity index (χ4v) is 4.25. The Kier molecular flexibility index (Phi) is 3.34. The standard InChI is InChI=1S/C22H17N3O3/c1-11-7-3-4-8-12(11)15-16-18(13-9-5-6-10-14(13)19(16)26)23-20-17(15)21(27)24-22(28)25(20)2/h3-10,15,23H,1-2H3,(H,24,27,28)/t15-/m1/s1. The zero-order valence-corrected chi connectivity index (χ0v) is 15.4. The number of allylic oxidation sites excluding steroid dienone is 1. The van der Waals surface area contributed by atoms with E-state index in [0.717, 1.165) is 16.7 Å². The van der Waals surface area contributed by atoms with Crippen molar-refractivity contribution in [2.45, 2.75) is 12.8 Å². The van der Waals surface area contributed by atoms with Gasteiger partial charge in [0.25, 0.3) is 5.56 Å². The van der Waals surface area contributed by atoms with Crippen LogP contribution in [0.15, 0.2) is 63.7 Å². The van der Waals surface area contributed by atoms with Crippen molar-refractivity contribution in [2.75, 3.05) is 5.32 Å². The van der Waals surface area contributed by atoms with Gasteiger partial charge in [-0.3, -0.25) is 19.1 Å². The van der Waals surface area contributed by atoms with E-state index in [1.165, 1.54) is 4.57 Å². The van der Waals surface area contributed by atoms with Gasteiger partial charge in [-0.1, -0.05) is 48.5 Å². The quantitative estimate of drug-likeness (QED) is 0.689. The number of nitrogens with one attached hydrogen (secondary N) is 2. The van der Waals surface area contributed by atoms with Crippen LogP contribution < -0.4 is 16.6 Å². The molecule has 138 valence electrons. The highest BCUT2D eigenvalue weighted by atomic mass is 16.2. The molecule has 1 aromatic heterocycles. The van der Waals surface area contributed by atoms with Crippen LogP contribution in [0.25, 0.3) is 5.70 Å². The number of benzene rings is 2. The first-order valence-electron chi connectivity index (χ1n) is 9.03. The number of fused-ring (bicyclic) bond motifs is 3. The number of nitrogens with zero attached hydrogens (tertiary/aromatic N) is 1. The van der Waals surface area contributed by atoms with Crippen LogP contribution in [0.4, 0.5) is 5.82 Å². The lowest BCUT2D eigenvalue weighted by Crippen LogP contribution is -2.37. The van der Waals surface area contributed by atoms with Crippen molar-refractivity contribution >= 4 is 17.3 Å². The van der Waals surface area contributed by atoms with Crippen molar-refractivity contribution in [3.8, 4) is 0 Å². The molecule has 0 saturated carbocycles. The maximum absolute atomic E-state index is 13.3. The normalized spacial score (nSPS) is 17.1. The lowest BCUT2D eigenvalue weighted by Gasteiger charge is -2.29. The first-order valence-corrected chi connectivity index (χ1v) is 9.03. The maximum atomic E-state index is 13.3. The van der Waals surface area contributed by atoms with Crippen molar-refractivity contribution in [3.05, 3.63) is 103 Å². The Hall–Kier alpha value is -3.67. The molecule has 1 aliphatic carbocycles. The first kappa shape index (κ1) is 16.5. The van der Waals surface area contributed by atoms with Crippen molar-refractivity contribution in [3.63, 3.8) is 0 Å². The van der Waals surface area contributed by atoms with Gasteiger partial charge in [0.2, 0.25) is 0 Å². The van der Waals surface area contributed by atoms with Gasteiger partial charge in [-0.25, -0.2) is 4.79 Å². The summed E-state index contributed by atoms with van der Waals surface area (Å²) in [6.07, 6.45) is 0. The molecular formula is C22H17N3O3. The second-order valence-electron chi connectivity index (χ2n) is 7.16. The van der Waals surface area contributed by atoms with Gasteiger partial charge in [-0.05, 0) is 18.1 Å². The molecule has 2 aliphatic rings. The summed E-state index contributed by atoms with van der Waals surface area (Å²) < 4.78 is 1.39. The van der Waals surface area contributed by atoms with E-state index in [2.05, 4.69) is 10.3 Å². The van der Waals surface area contributed by atoms with Gasteiger partial charge in [0, 0.05) is 29.7 Å². The zero-order valence-electron chi connectivity index (χ0n) is 15.4. The zero-order chi connectivity index (χ0) is 19.6. The van der Waals surface area contributed by atoms with Crippen LogP contribution >= 0.6 is 0 Å². The van der Waals surface area contributed by atoms with Crippen molar-refractivity contribution in [2.24, 2.45) is 7.05 Å². The van der Waals surface area contributed by atoms with E-state index in [-0.39, 0.29) is 5.78 Å². The first-order chi connectivity index (χ1) is 13.5. The van der Waals surface area contributed by atoms with Crippen LogP contribution in [0, 0.1) is 6.92 Å². The molecule has 28 heavy (non-hydrogen) atoms. The highest BCUT2D eigenvalue weighted by molar-refractivity contribution is 6.23. The molecule has 0 radical (unpaired) electrons. The molecular weight excluding hydrogens is 354 g/mol. The Bertz CT molecular complexity index is 1330. The van der Waals surface area contributed by atoms with Gasteiger partial charge < -0.3 is 5.32 Å². The molecule has 6 nitrogen and oxygen atoms in total. The van der Waals surface area contributed by atoms with Gasteiger partial charge >= 0.3 is 5.69 Å². The van der Waals surface area contributed by atoms with E-state index in [0.29, 0.717) is 28.2 Å². The van der Waals surface area contributed by atoms with Crippen LogP contribution in [-0.2, 0) is 7.05 Å². The van der Waals surface area contributed by atoms with Crippen molar-refractivity contribution < 1.29 is 4.79 Å². The van der Waals surface area contributed by atoms with Gasteiger partial charge in [0.15, 0.2) is 5.78 Å². The average Bonchev–Trinajstić information content (AvgIpc) is 2.98. The third-order valence-electron chi connectivity index (χ3n) is 5.64. The molecule has 0 amide bonds. The third kappa shape index (κ3) is 2.05. The van der Waals surface area contributed by atoms with Crippen LogP contribution in [0.5, 0.6) is 0 Å². The number of carbonyl (C=O) groups excluding carboxylic acids is 1. The Morgan fingerprint density at radius 2 is 1.61 bits per heavy atom. The SMILES string of the molecule is Cc1ccccc1[C@@H]1C2=C(Nc3c1c(=O)[nH]c(=O)n3C)c1ccccc1C2=O. The molecule has 0 unspecified atom stereocenters. The van der Waals surface area contributed by atoms with Crippen molar-refractivity contribution in [1.82, 2.24) is 9.55 Å². The van der Waals surface area contributed by atoms with Crippen LogP contribution in [0.2, 0.25) is 0 Å². The van der Waals surface area contributed by atoms with Gasteiger partial charge in [-0.15, -0.1) is 0 Å². The Morgan fingerprint density at radius 1 is 0.929 bits per heavy atom. The summed E-state index contributed by atoms with van der Waals surface area (Å²) in [4.78, 5) is 40.8. The molecule has 1 aliphatic heterocycles. The molecule has 2 aromatic carbocycles. The number of H-pyrrole nitrogens is 1. The largest absolute Gasteiger partial charge is 0.340 e. The molecule has 0 spiro atoms. The monoisotopic (exact) mass is 371 g/mol. The molecule has 5 rings (SSSR count). The summed E-state index contributed by atoms with van der Waals surface area (Å²) >= 11 is 0. The van der Waals surface area contributed by atoms with Crippen LogP contribution in [-0.4, -0.2) is 15.3 Å². The summed E-state index contributed by atoms with van der Waals surface area (Å²) in [5, 5.41) is 3.22. The Morgan fingerprint density at radius 3 is 2.36 bits per heavy atom. The predicted molar refractivity (Wildman–Crippen MR) is 107 cm³/mol. The summed E-state index contributed by atoms with van der Waals surface area (Å²) in [7, 11) is 1.60. The highest BCUT2D eigenvalue weighted by Crippen LogP contribution is 2.48. The number of aryl methyl sites for hydroxylation is 1. The minimum Gasteiger partial charge on any atom is -0.340 e. The highest BCUT2D eigenvalue weighted by Gasteiger charge is 2.42. The van der Waals surface area contributed by atoms with Gasteiger partial charge in [-0.2, -0.15) is 0 Å². The number of aromatic nitrogens is 2. The smallest absolute Gasteiger partial charge is 0.329 e. The second-order valence-corrected chi connectivity index (χ2v) is 7.16. The number of hydrogen-bond acceptors (Lipinski definition) is 4. The van der Waals surface area contributed by atoms with Crippen LogP contribution in [0.3, 0.4) is 0 Å². The number of aromatic amines is 1. The van der Waals surface area contributed by atoms with E-state index < -0.39 is 17.2 Å². The Labute approximate surface area is 160 Å². The summed E-state index contributed by atoms with van der Waals surface area (Å²) in [6, 6.07) is 15.1. The van der Waals surface area contributed by atoms with Crippen LogP contribution in [0.1, 0.15) is 38.5 Å². The minimum absolute atomic E-state index is 0.0924. The molecule has 2 N–H and O–H groups in total. The molecule has 2 heterocycles. The number of rotatable bonds is 1. The second kappa shape index (κ2) is 5.66. The van der Waals surface area contributed by atoms with E-state index >= 15 is 0 Å². The molecule has 0 fully saturated rings. The summed E-state index contributed by atoms with van der Waals surface area (Å²) in [6.45, 7) is 1.96. The van der Waals surface area contributed by atoms with Gasteiger partial charge in [0.1, 0.15) is 5.82 Å². The van der Waals surface area contributed by atoms with Gasteiger partial charge in [0.05, 0.1) is 11.3 Å². The average molecular weight is 371 g/mol. The number of hydrogen-bond donors (Lipinski definition) is 2. The fourth-order valence-electron chi connectivity index (χ4n) is 4.25. The fraction of sp³-hybridized carbons (Fsp3) is 0.136. The maximum Gasteiger partial charge on any atom is 0.329 e. The third-order valence-corrected chi connectivity index (χ3v) is 5.64. The number of anilines is 1. The summed E-state index contributed by atoms with van der Waals surface area (Å²) in [5.41, 5.74) is 3.88. The predicted octanol–water partition coefficient (Wildman–Crippen LogP) is 2.55. The molecule has 3 aromatic rings. The number of ketones is 1. The minimum atomic E-state index is -0.553. The lowest BCUT2D eigenvalue weighted by atomic mass is 9.80. The molecule has 0 saturated heterocycles. The number of carbonyl (C=O) groups is 1. The molecule has 6 heteroatoms. The van der Waals surface area contributed by atoms with Crippen molar-refractivity contribution in [1.29, 1.82) is 0 Å². The lowest BCUT2D eigenvalue weighted by molar-refractivity contribution is 0.103. The topological polar surface area (TPSA) is 84.0 Å². The summed E-state index contributed by atoms with van der Waals surface area (Å²) in [5.74, 6) is -0.224. The Balaban J connectivity index is 1.90. The van der Waals surface area contributed by atoms with E-state index in [9.17, 15) is 14.4 Å². The van der Waals surface area contributed by atoms with E-state index in [4.69, 9.17) is 0 Å². The molecule has 1 atom stereocenters. The molecule has 0 bridgehead atoms. The van der Waals surface area contributed by atoms with E-state index in [1.807, 2.05) is 49.4 Å². The van der Waals surface area contributed by atoms with E-state index in [1.54, 1.807) is 13.1 Å². The number of Topliss-reactive ketones (excluding diaryl/α,β-unsaturated/α-hetero) is 1.